The lowest BCUT2D eigenvalue weighted by molar-refractivity contribution is 0.561. The van der Waals surface area contributed by atoms with Crippen LogP contribution >= 0.6 is 0 Å². The van der Waals surface area contributed by atoms with Gasteiger partial charge < -0.3 is 4.55 Å². The van der Waals surface area contributed by atoms with E-state index in [9.17, 15) is 9.35 Å². The van der Waals surface area contributed by atoms with Crippen molar-refractivity contribution < 1.29 is 4.55 Å². The summed E-state index contributed by atoms with van der Waals surface area (Å²) in [5, 5.41) is 0.495. The fraction of sp³-hybridized carbons (Fsp3) is 0.350. The third-order valence-electron chi connectivity index (χ3n) is 4.28. The first-order valence-electron chi connectivity index (χ1n) is 8.84. The Morgan fingerprint density at radius 2 is 1.86 bits per heavy atom. The van der Waals surface area contributed by atoms with Crippen molar-refractivity contribution in [1.29, 1.82) is 0 Å². The van der Waals surface area contributed by atoms with Crippen LogP contribution in [0, 0.1) is 6.92 Å². The van der Waals surface area contributed by atoms with Gasteiger partial charge in [0.15, 0.2) is 0 Å². The summed E-state index contributed by atoms with van der Waals surface area (Å²) in [5.41, 5.74) is 3.19. The first-order valence-corrected chi connectivity index (χ1v) is 9.94. The van der Waals surface area contributed by atoms with Gasteiger partial charge in [0, 0.05) is 25.0 Å². The van der Waals surface area contributed by atoms with E-state index < -0.39 is 16.1 Å². The minimum Gasteiger partial charge on any atom is -0.591 e. The molecule has 8 heteroatoms. The topological polar surface area (TPSA) is 96.1 Å². The summed E-state index contributed by atoms with van der Waals surface area (Å²) in [6.45, 7) is 9.32. The lowest BCUT2D eigenvalue weighted by Gasteiger charge is -2.19. The van der Waals surface area contributed by atoms with Crippen LogP contribution < -0.4 is 5.56 Å². The second kappa shape index (κ2) is 7.44. The van der Waals surface area contributed by atoms with Gasteiger partial charge in [-0.25, -0.2) is 15.0 Å². The van der Waals surface area contributed by atoms with E-state index in [1.54, 1.807) is 26.4 Å². The predicted octanol–water partition coefficient (Wildman–Crippen LogP) is 2.97. The van der Waals surface area contributed by atoms with Gasteiger partial charge in [0.1, 0.15) is 28.3 Å². The molecule has 28 heavy (non-hydrogen) atoms. The molecule has 0 aliphatic carbocycles. The normalized spacial score (nSPS) is 13.8. The molecule has 0 spiro atoms. The van der Waals surface area contributed by atoms with Gasteiger partial charge in [-0.2, -0.15) is 0 Å². The summed E-state index contributed by atoms with van der Waals surface area (Å²) in [6.07, 6.45) is 4.66. The van der Waals surface area contributed by atoms with Crippen molar-refractivity contribution in [1.82, 2.24) is 19.5 Å². The molecule has 3 aromatic rings. The molecule has 146 valence electrons. The van der Waals surface area contributed by atoms with Gasteiger partial charge in [-0.05, 0) is 52.3 Å². The lowest BCUT2D eigenvalue weighted by Crippen LogP contribution is -2.27. The zero-order valence-electron chi connectivity index (χ0n) is 16.8. The molecule has 3 rings (SSSR count). The standard InChI is InChI=1S/C20H23N5O2S/c1-12-7-15(13(2)24-28(27)20(3,4)5)17-16(8-12)19(26)25(6)18(23-17)14-9-21-11-22-10-14/h7-11H,1-6H3. The molecule has 0 radical (unpaired) electrons. The minimum atomic E-state index is -1.41. The molecular weight excluding hydrogens is 374 g/mol. The number of aromatic nitrogens is 4. The van der Waals surface area contributed by atoms with Crippen molar-refractivity contribution in [2.24, 2.45) is 11.4 Å². The molecule has 0 aliphatic heterocycles. The number of benzene rings is 1. The molecule has 0 saturated carbocycles. The molecule has 2 aromatic heterocycles. The van der Waals surface area contributed by atoms with Gasteiger partial charge in [0.05, 0.1) is 22.2 Å². The van der Waals surface area contributed by atoms with Gasteiger partial charge >= 0.3 is 0 Å². The van der Waals surface area contributed by atoms with Crippen LogP contribution in [0.4, 0.5) is 0 Å². The fourth-order valence-corrected chi connectivity index (χ4v) is 3.40. The average molecular weight is 398 g/mol. The summed E-state index contributed by atoms with van der Waals surface area (Å²) in [5.74, 6) is 0.466. The van der Waals surface area contributed by atoms with Crippen molar-refractivity contribution in [3.8, 4) is 11.4 Å². The Bertz CT molecular complexity index is 1120. The first kappa shape index (κ1) is 20.2. The van der Waals surface area contributed by atoms with Crippen LogP contribution in [-0.4, -0.2) is 34.5 Å². The highest BCUT2D eigenvalue weighted by Gasteiger charge is 2.27. The Morgan fingerprint density at radius 1 is 1.21 bits per heavy atom. The Hall–Kier alpha value is -2.58. The number of hydrogen-bond donors (Lipinski definition) is 0. The maximum atomic E-state index is 13.0. The highest BCUT2D eigenvalue weighted by atomic mass is 32.2. The van der Waals surface area contributed by atoms with Gasteiger partial charge in [0.2, 0.25) is 0 Å². The van der Waals surface area contributed by atoms with Crippen LogP contribution in [0.25, 0.3) is 22.3 Å². The van der Waals surface area contributed by atoms with Gasteiger partial charge in [0.25, 0.3) is 5.56 Å². The molecule has 7 nitrogen and oxygen atoms in total. The molecule has 0 saturated heterocycles. The molecule has 0 fully saturated rings. The summed E-state index contributed by atoms with van der Waals surface area (Å²) in [6, 6.07) is 3.73. The average Bonchev–Trinajstić information content (AvgIpc) is 2.64. The van der Waals surface area contributed by atoms with Crippen molar-refractivity contribution in [2.75, 3.05) is 0 Å². The lowest BCUT2D eigenvalue weighted by atomic mass is 10.0. The van der Waals surface area contributed by atoms with E-state index in [2.05, 4.69) is 14.4 Å². The molecule has 1 atom stereocenters. The molecule has 2 heterocycles. The van der Waals surface area contributed by atoms with Crippen LogP contribution in [0.2, 0.25) is 0 Å². The van der Waals surface area contributed by atoms with E-state index in [4.69, 9.17) is 4.98 Å². The number of hydrogen-bond acceptors (Lipinski definition) is 6. The number of rotatable bonds is 3. The third kappa shape index (κ3) is 3.83. The number of nitrogens with zero attached hydrogens (tertiary/aromatic N) is 5. The van der Waals surface area contributed by atoms with Crippen LogP contribution in [0.5, 0.6) is 0 Å². The molecule has 1 unspecified atom stereocenters. The monoisotopic (exact) mass is 397 g/mol. The maximum absolute atomic E-state index is 13.0. The SMILES string of the molecule is CC(=N[S+]([O-])C(C)(C)C)c1cc(C)cc2c(=O)n(C)c(-c3cncnc3)nc12. The van der Waals surface area contributed by atoms with Gasteiger partial charge in [-0.3, -0.25) is 9.36 Å². The van der Waals surface area contributed by atoms with E-state index in [0.717, 1.165) is 5.56 Å². The zero-order chi connectivity index (χ0) is 20.6. The minimum absolute atomic E-state index is 0.168. The molecule has 1 aromatic carbocycles. The quantitative estimate of drug-likeness (QED) is 0.500. The molecule has 0 bridgehead atoms. The Morgan fingerprint density at radius 3 is 2.46 bits per heavy atom. The highest BCUT2D eigenvalue weighted by Crippen LogP contribution is 2.24. The second-order valence-corrected chi connectivity index (χ2v) is 9.58. The fourth-order valence-electron chi connectivity index (χ4n) is 2.78. The summed E-state index contributed by atoms with van der Waals surface area (Å²) < 4.78 is 17.9. The maximum Gasteiger partial charge on any atom is 0.261 e. The first-order chi connectivity index (χ1) is 13.1. The molecule has 0 N–H and O–H groups in total. The van der Waals surface area contributed by atoms with E-state index in [0.29, 0.717) is 33.6 Å². The van der Waals surface area contributed by atoms with Crippen molar-refractivity contribution in [3.05, 3.63) is 52.3 Å². The predicted molar refractivity (Wildman–Crippen MR) is 113 cm³/mol. The third-order valence-corrected chi connectivity index (χ3v) is 5.76. The smallest absolute Gasteiger partial charge is 0.261 e. The van der Waals surface area contributed by atoms with Crippen LogP contribution in [0.15, 0.2) is 40.0 Å². The summed E-state index contributed by atoms with van der Waals surface area (Å²) in [4.78, 5) is 25.8. The molecule has 0 amide bonds. The summed E-state index contributed by atoms with van der Waals surface area (Å²) >= 11 is -1.41. The Kier molecular flexibility index (Phi) is 5.36. The van der Waals surface area contributed by atoms with E-state index in [-0.39, 0.29) is 5.56 Å². The summed E-state index contributed by atoms with van der Waals surface area (Å²) in [7, 11) is 1.68. The van der Waals surface area contributed by atoms with Crippen molar-refractivity contribution >= 4 is 28.0 Å². The van der Waals surface area contributed by atoms with Gasteiger partial charge in [-0.1, -0.05) is 4.40 Å². The molecular formula is C20H23N5O2S. The highest BCUT2D eigenvalue weighted by molar-refractivity contribution is 7.91. The number of fused-ring (bicyclic) bond motifs is 1. The van der Waals surface area contributed by atoms with Crippen LogP contribution in [0.1, 0.15) is 38.8 Å². The van der Waals surface area contributed by atoms with Crippen molar-refractivity contribution in [2.45, 2.75) is 39.4 Å². The van der Waals surface area contributed by atoms with Crippen molar-refractivity contribution in [3.63, 3.8) is 0 Å². The Labute approximate surface area is 166 Å². The van der Waals surface area contributed by atoms with E-state index in [1.165, 1.54) is 10.9 Å². The number of aryl methyl sites for hydroxylation is 1. The largest absolute Gasteiger partial charge is 0.591 e. The zero-order valence-corrected chi connectivity index (χ0v) is 17.7. The van der Waals surface area contributed by atoms with E-state index >= 15 is 0 Å². The Balaban J connectivity index is 2.31. The van der Waals surface area contributed by atoms with E-state index in [1.807, 2.05) is 39.8 Å². The van der Waals surface area contributed by atoms with Gasteiger partial charge in [-0.15, -0.1) is 0 Å². The molecule has 0 aliphatic rings. The van der Waals surface area contributed by atoms with Crippen LogP contribution in [0.3, 0.4) is 0 Å². The van der Waals surface area contributed by atoms with Crippen LogP contribution in [-0.2, 0) is 18.4 Å². The second-order valence-electron chi connectivity index (χ2n) is 7.67.